The van der Waals surface area contributed by atoms with E-state index in [-0.39, 0.29) is 11.9 Å². The van der Waals surface area contributed by atoms with E-state index in [2.05, 4.69) is 10.6 Å². The van der Waals surface area contributed by atoms with Crippen molar-refractivity contribution in [2.75, 3.05) is 13.1 Å². The molecule has 1 amide bonds. The van der Waals surface area contributed by atoms with E-state index in [0.29, 0.717) is 17.9 Å². The lowest BCUT2D eigenvalue weighted by Crippen LogP contribution is -2.44. The number of rotatable bonds is 4. The number of hydrogen-bond acceptors (Lipinski definition) is 2. The maximum absolute atomic E-state index is 12.4. The van der Waals surface area contributed by atoms with E-state index in [1.54, 1.807) is 6.92 Å². The maximum atomic E-state index is 12.4. The van der Waals surface area contributed by atoms with Crippen LogP contribution in [-0.4, -0.2) is 19.0 Å². The van der Waals surface area contributed by atoms with Crippen LogP contribution in [-0.2, 0) is 11.0 Å². The summed E-state index contributed by atoms with van der Waals surface area (Å²) in [6, 6.07) is 4.58. The lowest BCUT2D eigenvalue weighted by molar-refractivity contribution is -0.137. The van der Waals surface area contributed by atoms with Gasteiger partial charge in [0.15, 0.2) is 0 Å². The van der Waals surface area contributed by atoms with Gasteiger partial charge in [-0.15, -0.1) is 0 Å². The second kappa shape index (κ2) is 5.83. The van der Waals surface area contributed by atoms with Crippen LogP contribution < -0.4 is 10.6 Å². The van der Waals surface area contributed by atoms with Crippen molar-refractivity contribution in [1.29, 1.82) is 0 Å². The summed E-state index contributed by atoms with van der Waals surface area (Å²) in [5, 5.41) is 5.89. The minimum absolute atomic E-state index is 0.0658. The average molecular weight is 286 g/mol. The number of carbonyl (C=O) groups is 1. The predicted molar refractivity (Wildman–Crippen MR) is 69.0 cm³/mol. The highest BCUT2D eigenvalue weighted by Crippen LogP contribution is 2.29. The van der Waals surface area contributed by atoms with Crippen molar-refractivity contribution in [3.63, 3.8) is 0 Å². The molecule has 6 heteroatoms. The van der Waals surface area contributed by atoms with Crippen LogP contribution in [0.15, 0.2) is 24.3 Å². The Morgan fingerprint density at radius 2 is 1.95 bits per heavy atom. The smallest absolute Gasteiger partial charge is 0.350 e. The van der Waals surface area contributed by atoms with Gasteiger partial charge in [-0.05, 0) is 43.6 Å². The molecule has 110 valence electrons. The molecule has 1 fully saturated rings. The van der Waals surface area contributed by atoms with Crippen molar-refractivity contribution >= 4 is 5.91 Å². The van der Waals surface area contributed by atoms with E-state index in [0.717, 1.165) is 25.2 Å². The lowest BCUT2D eigenvalue weighted by Gasteiger charge is -2.27. The van der Waals surface area contributed by atoms with E-state index in [4.69, 9.17) is 0 Å². The monoisotopic (exact) mass is 286 g/mol. The van der Waals surface area contributed by atoms with Crippen molar-refractivity contribution in [2.24, 2.45) is 5.92 Å². The normalized spacial score (nSPS) is 17.4. The fraction of sp³-hybridized carbons (Fsp3) is 0.500. The summed E-state index contributed by atoms with van der Waals surface area (Å²) in [5.41, 5.74) is -0.0154. The van der Waals surface area contributed by atoms with Crippen LogP contribution in [0.4, 0.5) is 13.2 Å². The fourth-order valence-electron chi connectivity index (χ4n) is 2.10. The molecule has 3 nitrogen and oxygen atoms in total. The molecule has 0 spiro atoms. The molecule has 0 saturated carbocycles. The molecule has 1 aromatic rings. The van der Waals surface area contributed by atoms with Gasteiger partial charge in [0.05, 0.1) is 11.6 Å². The highest BCUT2D eigenvalue weighted by atomic mass is 19.4. The van der Waals surface area contributed by atoms with Crippen LogP contribution >= 0.6 is 0 Å². The number of halogens is 3. The molecule has 1 aliphatic heterocycles. The summed E-state index contributed by atoms with van der Waals surface area (Å²) in [7, 11) is 0. The zero-order valence-corrected chi connectivity index (χ0v) is 11.1. The Hall–Kier alpha value is -1.56. The standard InChI is InChI=1S/C14H17F3N2O/c1-9(19-13(20)6-10-7-18-8-10)11-2-4-12(5-3-11)14(15,16)17/h2-5,9-10,18H,6-8H2,1H3,(H,19,20). The Morgan fingerprint density at radius 1 is 1.35 bits per heavy atom. The first-order valence-electron chi connectivity index (χ1n) is 6.53. The minimum Gasteiger partial charge on any atom is -0.350 e. The molecule has 1 unspecified atom stereocenters. The second-order valence-corrected chi connectivity index (χ2v) is 5.14. The lowest BCUT2D eigenvalue weighted by atomic mass is 9.98. The third kappa shape index (κ3) is 3.72. The SMILES string of the molecule is CC(NC(=O)CC1CNC1)c1ccc(C(F)(F)F)cc1. The first kappa shape index (κ1) is 14.8. The van der Waals surface area contributed by atoms with Gasteiger partial charge in [-0.25, -0.2) is 0 Å². The third-order valence-corrected chi connectivity index (χ3v) is 3.46. The largest absolute Gasteiger partial charge is 0.416 e. The molecule has 2 rings (SSSR count). The van der Waals surface area contributed by atoms with E-state index in [1.165, 1.54) is 12.1 Å². The summed E-state index contributed by atoms with van der Waals surface area (Å²) in [5.74, 6) is 0.304. The van der Waals surface area contributed by atoms with Gasteiger partial charge in [0, 0.05) is 6.42 Å². The Bertz CT molecular complexity index is 466. The molecular formula is C14H17F3N2O. The number of carbonyl (C=O) groups excluding carboxylic acids is 1. The first-order chi connectivity index (χ1) is 9.36. The van der Waals surface area contributed by atoms with E-state index in [1.807, 2.05) is 0 Å². The number of alkyl halides is 3. The summed E-state index contributed by atoms with van der Waals surface area (Å²) in [4.78, 5) is 11.7. The predicted octanol–water partition coefficient (Wildman–Crippen LogP) is 2.49. The van der Waals surface area contributed by atoms with Crippen LogP contribution in [0.3, 0.4) is 0 Å². The number of hydrogen-bond donors (Lipinski definition) is 2. The highest BCUT2D eigenvalue weighted by Gasteiger charge is 2.30. The van der Waals surface area contributed by atoms with Gasteiger partial charge >= 0.3 is 6.18 Å². The van der Waals surface area contributed by atoms with Crippen LogP contribution in [0.1, 0.15) is 30.5 Å². The van der Waals surface area contributed by atoms with Gasteiger partial charge in [0.1, 0.15) is 0 Å². The van der Waals surface area contributed by atoms with Crippen LogP contribution in [0, 0.1) is 5.92 Å². The Morgan fingerprint density at radius 3 is 2.40 bits per heavy atom. The van der Waals surface area contributed by atoms with Gasteiger partial charge in [-0.3, -0.25) is 4.79 Å². The summed E-state index contributed by atoms with van der Waals surface area (Å²) < 4.78 is 37.3. The zero-order chi connectivity index (χ0) is 14.8. The van der Waals surface area contributed by atoms with Crippen LogP contribution in [0.5, 0.6) is 0 Å². The van der Waals surface area contributed by atoms with Crippen LogP contribution in [0.25, 0.3) is 0 Å². The van der Waals surface area contributed by atoms with Crippen molar-refractivity contribution in [2.45, 2.75) is 25.6 Å². The quantitative estimate of drug-likeness (QED) is 0.893. The van der Waals surface area contributed by atoms with Crippen molar-refractivity contribution < 1.29 is 18.0 Å². The summed E-state index contributed by atoms with van der Waals surface area (Å²) in [6.45, 7) is 3.46. The number of nitrogens with one attached hydrogen (secondary N) is 2. The molecule has 1 aromatic carbocycles. The van der Waals surface area contributed by atoms with E-state index >= 15 is 0 Å². The van der Waals surface area contributed by atoms with E-state index < -0.39 is 11.7 Å². The second-order valence-electron chi connectivity index (χ2n) is 5.14. The zero-order valence-electron chi connectivity index (χ0n) is 11.1. The Kier molecular flexibility index (Phi) is 4.32. The Balaban J connectivity index is 1.91. The van der Waals surface area contributed by atoms with Crippen molar-refractivity contribution in [3.8, 4) is 0 Å². The molecule has 1 aliphatic rings. The maximum Gasteiger partial charge on any atom is 0.416 e. The topological polar surface area (TPSA) is 41.1 Å². The minimum atomic E-state index is -4.33. The molecule has 2 N–H and O–H groups in total. The molecule has 0 bridgehead atoms. The van der Waals surface area contributed by atoms with Crippen LogP contribution in [0.2, 0.25) is 0 Å². The average Bonchev–Trinajstić information content (AvgIpc) is 2.33. The van der Waals surface area contributed by atoms with Gasteiger partial charge in [-0.1, -0.05) is 12.1 Å². The molecule has 20 heavy (non-hydrogen) atoms. The molecule has 1 atom stereocenters. The highest BCUT2D eigenvalue weighted by molar-refractivity contribution is 5.76. The number of benzene rings is 1. The van der Waals surface area contributed by atoms with Gasteiger partial charge in [-0.2, -0.15) is 13.2 Å². The molecule has 1 saturated heterocycles. The van der Waals surface area contributed by atoms with Gasteiger partial charge in [0.25, 0.3) is 0 Å². The van der Waals surface area contributed by atoms with Crippen molar-refractivity contribution in [1.82, 2.24) is 10.6 Å². The Labute approximate surface area is 115 Å². The van der Waals surface area contributed by atoms with Crippen molar-refractivity contribution in [3.05, 3.63) is 35.4 Å². The van der Waals surface area contributed by atoms with Gasteiger partial charge in [0.2, 0.25) is 5.91 Å². The first-order valence-corrected chi connectivity index (χ1v) is 6.53. The molecule has 0 aliphatic carbocycles. The molecule has 0 aromatic heterocycles. The molecule has 1 heterocycles. The van der Waals surface area contributed by atoms with E-state index in [9.17, 15) is 18.0 Å². The number of amides is 1. The molecular weight excluding hydrogens is 269 g/mol. The summed E-state index contributed by atoms with van der Waals surface area (Å²) in [6.07, 6.45) is -3.87. The third-order valence-electron chi connectivity index (χ3n) is 3.46. The molecule has 0 radical (unpaired) electrons. The summed E-state index contributed by atoms with van der Waals surface area (Å²) >= 11 is 0. The van der Waals surface area contributed by atoms with Gasteiger partial charge < -0.3 is 10.6 Å². The fourth-order valence-corrected chi connectivity index (χ4v) is 2.10.